The van der Waals surface area contributed by atoms with E-state index in [0.717, 1.165) is 41.7 Å². The Balaban J connectivity index is 1.64. The summed E-state index contributed by atoms with van der Waals surface area (Å²) in [5, 5.41) is 13.0. The molecule has 1 N–H and O–H groups in total. The van der Waals surface area contributed by atoms with Crippen molar-refractivity contribution in [1.82, 2.24) is 14.8 Å². The van der Waals surface area contributed by atoms with Crippen molar-refractivity contribution in [2.45, 2.75) is 76.9 Å². The van der Waals surface area contributed by atoms with Crippen LogP contribution in [0.15, 0.2) is 11.2 Å². The molecule has 1 fully saturated rings. The van der Waals surface area contributed by atoms with Crippen LogP contribution in [0.25, 0.3) is 0 Å². The van der Waals surface area contributed by atoms with Gasteiger partial charge in [-0.15, -0.1) is 21.5 Å². The first kappa shape index (κ1) is 22.8. The van der Waals surface area contributed by atoms with E-state index in [-0.39, 0.29) is 11.7 Å². The molecular formula is C21H30N4O3S2. The molecule has 0 aromatic carbocycles. The molecule has 7 nitrogen and oxygen atoms in total. The quantitative estimate of drug-likeness (QED) is 0.433. The first-order valence-electron chi connectivity index (χ1n) is 10.7. The van der Waals surface area contributed by atoms with Gasteiger partial charge < -0.3 is 14.6 Å². The number of aromatic nitrogens is 3. The van der Waals surface area contributed by atoms with Crippen LogP contribution < -0.4 is 5.32 Å². The predicted octanol–water partition coefficient (Wildman–Crippen LogP) is 4.88. The largest absolute Gasteiger partial charge is 0.462 e. The van der Waals surface area contributed by atoms with Crippen LogP contribution in [0.3, 0.4) is 0 Å². The average molecular weight is 451 g/mol. The van der Waals surface area contributed by atoms with Crippen molar-refractivity contribution in [3.8, 4) is 0 Å². The van der Waals surface area contributed by atoms with Crippen LogP contribution in [-0.4, -0.2) is 39.0 Å². The second-order valence-corrected chi connectivity index (χ2v) is 9.37. The van der Waals surface area contributed by atoms with Crippen molar-refractivity contribution >= 4 is 40.0 Å². The average Bonchev–Trinajstić information content (AvgIpc) is 3.36. The van der Waals surface area contributed by atoms with Crippen LogP contribution in [0, 0.1) is 0 Å². The third-order valence-electron chi connectivity index (χ3n) is 5.24. The predicted molar refractivity (Wildman–Crippen MR) is 121 cm³/mol. The molecule has 0 atom stereocenters. The van der Waals surface area contributed by atoms with E-state index < -0.39 is 5.97 Å². The number of ether oxygens (including phenoxy) is 1. The highest BCUT2D eigenvalue weighted by Gasteiger charge is 2.24. The number of hydrogen-bond donors (Lipinski definition) is 1. The van der Waals surface area contributed by atoms with Gasteiger partial charge in [0.2, 0.25) is 5.91 Å². The molecule has 164 valence electrons. The van der Waals surface area contributed by atoms with Crippen molar-refractivity contribution in [3.05, 3.63) is 22.3 Å². The van der Waals surface area contributed by atoms with E-state index in [1.165, 1.54) is 42.4 Å². The number of rotatable bonds is 9. The first-order chi connectivity index (χ1) is 14.6. The number of amides is 1. The van der Waals surface area contributed by atoms with Gasteiger partial charge in [0, 0.05) is 17.3 Å². The molecule has 0 radical (unpaired) electrons. The third kappa shape index (κ3) is 5.43. The zero-order chi connectivity index (χ0) is 21.5. The maximum atomic E-state index is 12.6. The number of carbonyl (C=O) groups is 2. The summed E-state index contributed by atoms with van der Waals surface area (Å²) in [4.78, 5) is 25.8. The minimum Gasteiger partial charge on any atom is -0.462 e. The zero-order valence-electron chi connectivity index (χ0n) is 17.9. The Bertz CT molecular complexity index is 872. The highest BCUT2D eigenvalue weighted by molar-refractivity contribution is 7.99. The fraction of sp³-hybridized carbons (Fsp3) is 0.619. The number of esters is 1. The van der Waals surface area contributed by atoms with E-state index in [1.807, 2.05) is 6.92 Å². The first-order valence-corrected chi connectivity index (χ1v) is 12.5. The van der Waals surface area contributed by atoms with Crippen molar-refractivity contribution in [2.75, 3.05) is 17.7 Å². The Morgan fingerprint density at radius 2 is 2.00 bits per heavy atom. The number of nitrogens with one attached hydrogen (secondary N) is 1. The standard InChI is InChI=1S/C21H30N4O3S2/c1-4-15-12-16(20(27)28-6-3)19(30-15)22-17(26)13-29-21-24-23-18(25(21)5-2)14-10-8-7-9-11-14/h12,14H,4-11,13H2,1-3H3,(H,22,26). The number of hydrogen-bond acceptors (Lipinski definition) is 7. The normalized spacial score (nSPS) is 14.6. The number of nitrogens with zero attached hydrogens (tertiary/aromatic N) is 3. The molecule has 0 spiro atoms. The summed E-state index contributed by atoms with van der Waals surface area (Å²) in [6, 6.07) is 1.80. The third-order valence-corrected chi connectivity index (χ3v) is 7.41. The van der Waals surface area contributed by atoms with E-state index in [2.05, 4.69) is 27.0 Å². The molecule has 0 saturated heterocycles. The summed E-state index contributed by atoms with van der Waals surface area (Å²) < 4.78 is 7.25. The van der Waals surface area contributed by atoms with Gasteiger partial charge in [0.25, 0.3) is 0 Å². The molecule has 3 rings (SSSR count). The molecule has 2 heterocycles. The molecule has 1 aliphatic rings. The number of carbonyl (C=O) groups excluding carboxylic acids is 2. The topological polar surface area (TPSA) is 86.1 Å². The summed E-state index contributed by atoms with van der Waals surface area (Å²) in [6.07, 6.45) is 6.92. The zero-order valence-corrected chi connectivity index (χ0v) is 19.5. The number of thioether (sulfide) groups is 1. The van der Waals surface area contributed by atoms with Crippen molar-refractivity contribution in [2.24, 2.45) is 0 Å². The minimum absolute atomic E-state index is 0.167. The van der Waals surface area contributed by atoms with Gasteiger partial charge in [-0.25, -0.2) is 4.79 Å². The van der Waals surface area contributed by atoms with Crippen LogP contribution in [0.4, 0.5) is 5.00 Å². The van der Waals surface area contributed by atoms with E-state index in [9.17, 15) is 9.59 Å². The minimum atomic E-state index is -0.403. The summed E-state index contributed by atoms with van der Waals surface area (Å²) in [6.45, 7) is 6.97. The van der Waals surface area contributed by atoms with E-state index >= 15 is 0 Å². The number of anilines is 1. The van der Waals surface area contributed by atoms with Crippen molar-refractivity contribution in [3.63, 3.8) is 0 Å². The van der Waals surface area contributed by atoms with Crippen LogP contribution in [-0.2, 0) is 22.5 Å². The fourth-order valence-corrected chi connectivity index (χ4v) is 5.54. The van der Waals surface area contributed by atoms with Crippen molar-refractivity contribution in [1.29, 1.82) is 0 Å². The molecule has 1 saturated carbocycles. The lowest BCUT2D eigenvalue weighted by atomic mass is 9.89. The van der Waals surface area contributed by atoms with Gasteiger partial charge in [-0.05, 0) is 39.2 Å². The second kappa shape index (κ2) is 10.9. The van der Waals surface area contributed by atoms with Crippen LogP contribution in [0.1, 0.15) is 79.9 Å². The van der Waals surface area contributed by atoms with E-state index in [1.54, 1.807) is 13.0 Å². The molecule has 0 bridgehead atoms. The Morgan fingerprint density at radius 1 is 1.23 bits per heavy atom. The smallest absolute Gasteiger partial charge is 0.341 e. The molecule has 9 heteroatoms. The van der Waals surface area contributed by atoms with Crippen LogP contribution in [0.2, 0.25) is 0 Å². The van der Waals surface area contributed by atoms with Gasteiger partial charge in [-0.2, -0.15) is 0 Å². The van der Waals surface area contributed by atoms with Gasteiger partial charge in [0.15, 0.2) is 5.16 Å². The Morgan fingerprint density at radius 3 is 2.67 bits per heavy atom. The van der Waals surface area contributed by atoms with Gasteiger partial charge in [0.05, 0.1) is 17.9 Å². The summed E-state index contributed by atoms with van der Waals surface area (Å²) in [5.41, 5.74) is 0.424. The Hall–Kier alpha value is -1.87. The van der Waals surface area contributed by atoms with E-state index in [4.69, 9.17) is 4.74 Å². The maximum absolute atomic E-state index is 12.6. The SMILES string of the molecule is CCOC(=O)c1cc(CC)sc1NC(=O)CSc1nnc(C2CCCCC2)n1CC. The second-order valence-electron chi connectivity index (χ2n) is 7.29. The molecule has 1 aliphatic carbocycles. The monoisotopic (exact) mass is 450 g/mol. The number of aryl methyl sites for hydroxylation is 1. The molecule has 30 heavy (non-hydrogen) atoms. The van der Waals surface area contributed by atoms with Crippen LogP contribution >= 0.6 is 23.1 Å². The fourth-order valence-electron chi connectivity index (χ4n) is 3.73. The van der Waals surface area contributed by atoms with E-state index in [0.29, 0.717) is 23.1 Å². The molecule has 1 amide bonds. The van der Waals surface area contributed by atoms with Gasteiger partial charge in [0.1, 0.15) is 10.8 Å². The summed E-state index contributed by atoms with van der Waals surface area (Å²) in [5.74, 6) is 1.17. The molecule has 0 unspecified atom stereocenters. The summed E-state index contributed by atoms with van der Waals surface area (Å²) in [7, 11) is 0. The molecule has 0 aliphatic heterocycles. The summed E-state index contributed by atoms with van der Waals surface area (Å²) >= 11 is 2.81. The van der Waals surface area contributed by atoms with Gasteiger partial charge in [-0.3, -0.25) is 4.79 Å². The lowest BCUT2D eigenvalue weighted by molar-refractivity contribution is -0.113. The lowest BCUT2D eigenvalue weighted by Crippen LogP contribution is -2.16. The lowest BCUT2D eigenvalue weighted by Gasteiger charge is -2.21. The highest BCUT2D eigenvalue weighted by Crippen LogP contribution is 2.33. The van der Waals surface area contributed by atoms with Crippen molar-refractivity contribution < 1.29 is 14.3 Å². The molecular weight excluding hydrogens is 420 g/mol. The van der Waals surface area contributed by atoms with Gasteiger partial charge >= 0.3 is 5.97 Å². The Kier molecular flexibility index (Phi) is 8.32. The number of thiophene rings is 1. The maximum Gasteiger partial charge on any atom is 0.341 e. The van der Waals surface area contributed by atoms with Crippen LogP contribution in [0.5, 0.6) is 0 Å². The molecule has 2 aromatic rings. The molecule has 2 aromatic heterocycles. The van der Waals surface area contributed by atoms with Gasteiger partial charge in [-0.1, -0.05) is 37.9 Å². The highest BCUT2D eigenvalue weighted by atomic mass is 32.2. The Labute approximate surface area is 186 Å².